The van der Waals surface area contributed by atoms with Crippen LogP contribution in [0.4, 0.5) is 8.78 Å². The van der Waals surface area contributed by atoms with E-state index in [0.717, 1.165) is 22.0 Å². The molecule has 0 spiro atoms. The minimum atomic E-state index is -0.284. The molecule has 3 rings (SSSR count). The SMILES string of the molecule is NCC(c1ccc(F)cc1)c1c[nH]c2ccc(F)cc12. The number of nitrogens with two attached hydrogens (primary N) is 1. The predicted molar refractivity (Wildman–Crippen MR) is 75.6 cm³/mol. The van der Waals surface area contributed by atoms with Crippen molar-refractivity contribution in [3.8, 4) is 0 Å². The number of aromatic nitrogens is 1. The van der Waals surface area contributed by atoms with Gasteiger partial charge in [-0.3, -0.25) is 0 Å². The average Bonchev–Trinajstić information content (AvgIpc) is 2.85. The second kappa shape index (κ2) is 5.06. The predicted octanol–water partition coefficient (Wildman–Crippen LogP) is 3.54. The van der Waals surface area contributed by atoms with Crippen LogP contribution in [0.3, 0.4) is 0 Å². The number of benzene rings is 2. The maximum Gasteiger partial charge on any atom is 0.123 e. The number of halogens is 2. The van der Waals surface area contributed by atoms with Crippen molar-refractivity contribution in [2.24, 2.45) is 5.73 Å². The van der Waals surface area contributed by atoms with Crippen LogP contribution in [0.5, 0.6) is 0 Å². The van der Waals surface area contributed by atoms with Gasteiger partial charge in [0.25, 0.3) is 0 Å². The quantitative estimate of drug-likeness (QED) is 0.752. The monoisotopic (exact) mass is 272 g/mol. The molecule has 0 fully saturated rings. The summed E-state index contributed by atoms with van der Waals surface area (Å²) < 4.78 is 26.4. The van der Waals surface area contributed by atoms with E-state index < -0.39 is 0 Å². The minimum absolute atomic E-state index is 0.0915. The Morgan fingerprint density at radius 2 is 1.70 bits per heavy atom. The Morgan fingerprint density at radius 3 is 2.40 bits per heavy atom. The largest absolute Gasteiger partial charge is 0.361 e. The van der Waals surface area contributed by atoms with Crippen molar-refractivity contribution >= 4 is 10.9 Å². The van der Waals surface area contributed by atoms with Crippen molar-refractivity contribution in [2.75, 3.05) is 6.54 Å². The van der Waals surface area contributed by atoms with Gasteiger partial charge in [0, 0.05) is 29.6 Å². The van der Waals surface area contributed by atoms with Crippen molar-refractivity contribution in [3.05, 3.63) is 71.4 Å². The number of nitrogens with one attached hydrogen (secondary N) is 1. The van der Waals surface area contributed by atoms with Gasteiger partial charge in [-0.05, 0) is 41.5 Å². The molecule has 1 unspecified atom stereocenters. The number of H-pyrrole nitrogens is 1. The second-order valence-electron chi connectivity index (χ2n) is 4.77. The lowest BCUT2D eigenvalue weighted by Crippen LogP contribution is -2.13. The molecule has 20 heavy (non-hydrogen) atoms. The lowest BCUT2D eigenvalue weighted by molar-refractivity contribution is 0.626. The van der Waals surface area contributed by atoms with Gasteiger partial charge in [-0.15, -0.1) is 0 Å². The molecule has 2 nitrogen and oxygen atoms in total. The van der Waals surface area contributed by atoms with Gasteiger partial charge < -0.3 is 10.7 Å². The lowest BCUT2D eigenvalue weighted by Gasteiger charge is -2.14. The topological polar surface area (TPSA) is 41.8 Å². The van der Waals surface area contributed by atoms with Crippen LogP contribution in [0, 0.1) is 11.6 Å². The summed E-state index contributed by atoms with van der Waals surface area (Å²) in [5, 5.41) is 0.810. The fourth-order valence-corrected chi connectivity index (χ4v) is 2.54. The highest BCUT2D eigenvalue weighted by molar-refractivity contribution is 5.84. The zero-order chi connectivity index (χ0) is 14.1. The summed E-state index contributed by atoms with van der Waals surface area (Å²) in [7, 11) is 0. The van der Waals surface area contributed by atoms with Crippen LogP contribution in [0.1, 0.15) is 17.0 Å². The molecule has 0 radical (unpaired) electrons. The second-order valence-corrected chi connectivity index (χ2v) is 4.77. The third-order valence-electron chi connectivity index (χ3n) is 3.56. The Hall–Kier alpha value is -2.20. The maximum absolute atomic E-state index is 13.4. The van der Waals surface area contributed by atoms with Crippen molar-refractivity contribution in [2.45, 2.75) is 5.92 Å². The summed E-state index contributed by atoms with van der Waals surface area (Å²) in [6.07, 6.45) is 1.84. The molecule has 0 aliphatic rings. The van der Waals surface area contributed by atoms with Crippen LogP contribution in [0.15, 0.2) is 48.7 Å². The number of rotatable bonds is 3. The Kier molecular flexibility index (Phi) is 3.24. The highest BCUT2D eigenvalue weighted by atomic mass is 19.1. The van der Waals surface area contributed by atoms with E-state index in [1.807, 2.05) is 6.20 Å². The van der Waals surface area contributed by atoms with E-state index in [9.17, 15) is 8.78 Å². The third-order valence-corrected chi connectivity index (χ3v) is 3.56. The van der Waals surface area contributed by atoms with Gasteiger partial charge in [-0.1, -0.05) is 12.1 Å². The number of hydrogen-bond acceptors (Lipinski definition) is 1. The van der Waals surface area contributed by atoms with E-state index in [1.54, 1.807) is 18.2 Å². The molecule has 1 atom stereocenters. The molecule has 3 N–H and O–H groups in total. The van der Waals surface area contributed by atoms with E-state index in [1.165, 1.54) is 24.3 Å². The van der Waals surface area contributed by atoms with E-state index in [4.69, 9.17) is 5.73 Å². The molecule has 3 aromatic rings. The standard InChI is InChI=1S/C16H14F2N2/c17-11-3-1-10(2-4-11)14(8-19)15-9-20-16-6-5-12(18)7-13(15)16/h1-7,9,14,20H,8,19H2. The number of aromatic amines is 1. The van der Waals surface area contributed by atoms with E-state index >= 15 is 0 Å². The first-order valence-electron chi connectivity index (χ1n) is 6.41. The van der Waals surface area contributed by atoms with Gasteiger partial charge in [-0.2, -0.15) is 0 Å². The molecule has 102 valence electrons. The van der Waals surface area contributed by atoms with Gasteiger partial charge in [-0.25, -0.2) is 8.78 Å². The molecule has 0 aliphatic carbocycles. The van der Waals surface area contributed by atoms with Crippen LogP contribution in [0.2, 0.25) is 0 Å². The first-order valence-corrected chi connectivity index (χ1v) is 6.41. The highest BCUT2D eigenvalue weighted by Crippen LogP contribution is 2.30. The smallest absolute Gasteiger partial charge is 0.123 e. The fraction of sp³-hybridized carbons (Fsp3) is 0.125. The van der Waals surface area contributed by atoms with Crippen LogP contribution < -0.4 is 5.73 Å². The molecule has 0 saturated carbocycles. The van der Waals surface area contributed by atoms with Crippen LogP contribution >= 0.6 is 0 Å². The summed E-state index contributed by atoms with van der Waals surface area (Å²) >= 11 is 0. The van der Waals surface area contributed by atoms with Crippen molar-refractivity contribution in [1.82, 2.24) is 4.98 Å². The van der Waals surface area contributed by atoms with E-state index in [2.05, 4.69) is 4.98 Å². The molecule has 0 aliphatic heterocycles. The summed E-state index contributed by atoms with van der Waals surface area (Å²) in [6.45, 7) is 0.370. The average molecular weight is 272 g/mol. The molecular formula is C16H14F2N2. The number of fused-ring (bicyclic) bond motifs is 1. The van der Waals surface area contributed by atoms with Gasteiger partial charge >= 0.3 is 0 Å². The lowest BCUT2D eigenvalue weighted by atomic mass is 9.91. The zero-order valence-electron chi connectivity index (χ0n) is 10.7. The third kappa shape index (κ3) is 2.18. The van der Waals surface area contributed by atoms with Gasteiger partial charge in [0.1, 0.15) is 11.6 Å². The molecule has 4 heteroatoms. The van der Waals surface area contributed by atoms with Crippen LogP contribution in [-0.2, 0) is 0 Å². The summed E-state index contributed by atoms with van der Waals surface area (Å²) in [5.41, 5.74) is 8.57. The normalized spacial score (nSPS) is 12.8. The molecule has 0 saturated heterocycles. The maximum atomic E-state index is 13.4. The Labute approximate surface area is 115 Å². The molecular weight excluding hydrogens is 258 g/mol. The Bertz CT molecular complexity index is 732. The molecule has 2 aromatic carbocycles. The van der Waals surface area contributed by atoms with E-state index in [0.29, 0.717) is 6.54 Å². The first kappa shape index (κ1) is 12.8. The Balaban J connectivity index is 2.11. The minimum Gasteiger partial charge on any atom is -0.361 e. The van der Waals surface area contributed by atoms with Gasteiger partial charge in [0.05, 0.1) is 0 Å². The fourth-order valence-electron chi connectivity index (χ4n) is 2.54. The molecule has 0 amide bonds. The molecule has 1 heterocycles. The van der Waals surface area contributed by atoms with Crippen molar-refractivity contribution in [3.63, 3.8) is 0 Å². The zero-order valence-corrected chi connectivity index (χ0v) is 10.7. The van der Waals surface area contributed by atoms with E-state index in [-0.39, 0.29) is 17.6 Å². The molecule has 0 bridgehead atoms. The summed E-state index contributed by atoms with van der Waals surface area (Å²) in [6, 6.07) is 10.9. The summed E-state index contributed by atoms with van der Waals surface area (Å²) in [4.78, 5) is 3.12. The van der Waals surface area contributed by atoms with Crippen LogP contribution in [-0.4, -0.2) is 11.5 Å². The van der Waals surface area contributed by atoms with Crippen molar-refractivity contribution in [1.29, 1.82) is 0 Å². The van der Waals surface area contributed by atoms with Crippen LogP contribution in [0.25, 0.3) is 10.9 Å². The highest BCUT2D eigenvalue weighted by Gasteiger charge is 2.17. The Morgan fingerprint density at radius 1 is 1.00 bits per heavy atom. The first-order chi connectivity index (χ1) is 9.69. The van der Waals surface area contributed by atoms with Crippen molar-refractivity contribution < 1.29 is 8.78 Å². The number of hydrogen-bond donors (Lipinski definition) is 2. The van der Waals surface area contributed by atoms with Gasteiger partial charge in [0.2, 0.25) is 0 Å². The van der Waals surface area contributed by atoms with Gasteiger partial charge in [0.15, 0.2) is 0 Å². The molecule has 1 aromatic heterocycles. The summed E-state index contributed by atoms with van der Waals surface area (Å²) in [5.74, 6) is -0.658.